The fraction of sp³-hybridized carbons (Fsp3) is 0.800. The Morgan fingerprint density at radius 1 is 1.45 bits per heavy atom. The van der Waals surface area contributed by atoms with Crippen LogP contribution in [0.5, 0.6) is 0 Å². The molecule has 0 aromatic heterocycles. The van der Waals surface area contributed by atoms with Gasteiger partial charge in [-0.2, -0.15) is 0 Å². The molecule has 0 saturated heterocycles. The number of allylic oxidation sites excluding steroid dienone is 2. The van der Waals surface area contributed by atoms with Crippen LogP contribution in [0.25, 0.3) is 0 Å². The van der Waals surface area contributed by atoms with Crippen LogP contribution < -0.4 is 0 Å². The zero-order chi connectivity index (χ0) is 8.48. The van der Waals surface area contributed by atoms with Crippen LogP contribution in [0.2, 0.25) is 0 Å². The smallest absolute Gasteiger partial charge is 0.000130 e. The molecule has 0 aromatic carbocycles. The molecule has 0 atom stereocenters. The fourth-order valence-electron chi connectivity index (χ4n) is 1.67. The Hall–Kier alpha value is 0.0900. The molecule has 0 aromatic rings. The maximum atomic E-state index is 4.33. The first-order valence-electron chi connectivity index (χ1n) is 4.45. The minimum absolute atomic E-state index is 0.508. The predicted octanol–water partition coefficient (Wildman–Crippen LogP) is 3.79. The van der Waals surface area contributed by atoms with E-state index in [2.05, 4.69) is 33.4 Å². The van der Waals surface area contributed by atoms with Crippen LogP contribution in [0.15, 0.2) is 10.5 Å². The van der Waals surface area contributed by atoms with Crippen LogP contribution in [-0.4, -0.2) is 0 Å². The summed E-state index contributed by atoms with van der Waals surface area (Å²) in [5.41, 5.74) is 2.10. The second-order valence-corrected chi connectivity index (χ2v) is 4.86. The number of thiol groups is 1. The van der Waals surface area contributed by atoms with E-state index in [1.165, 1.54) is 30.6 Å². The molecule has 0 fully saturated rings. The van der Waals surface area contributed by atoms with Gasteiger partial charge in [-0.1, -0.05) is 32.8 Å². The highest BCUT2D eigenvalue weighted by Gasteiger charge is 2.25. The van der Waals surface area contributed by atoms with Crippen LogP contribution in [0.1, 0.15) is 46.5 Å². The van der Waals surface area contributed by atoms with Crippen molar-refractivity contribution < 1.29 is 0 Å². The van der Waals surface area contributed by atoms with Gasteiger partial charge in [0.25, 0.3) is 0 Å². The van der Waals surface area contributed by atoms with Crippen molar-refractivity contribution >= 4 is 12.6 Å². The standard InChI is InChI=1S/C10H18S/c1-4-5-10(2,3)7-8-6-9(8)11/h11H,4-7H2,1-3H3. The SMILES string of the molecule is CCCC(C)(C)CC1=C(S)C1. The number of rotatable bonds is 4. The molecule has 1 rings (SSSR count). The van der Waals surface area contributed by atoms with E-state index in [1.807, 2.05) is 0 Å². The van der Waals surface area contributed by atoms with Crippen LogP contribution in [0.3, 0.4) is 0 Å². The van der Waals surface area contributed by atoms with E-state index in [4.69, 9.17) is 0 Å². The van der Waals surface area contributed by atoms with E-state index in [1.54, 1.807) is 5.57 Å². The molecule has 0 heterocycles. The molecule has 0 unspecified atom stereocenters. The summed E-state index contributed by atoms with van der Waals surface area (Å²) >= 11 is 4.33. The third-order valence-corrected chi connectivity index (χ3v) is 2.76. The summed E-state index contributed by atoms with van der Waals surface area (Å²) in [6.07, 6.45) is 5.08. The third kappa shape index (κ3) is 2.90. The third-order valence-electron chi connectivity index (χ3n) is 2.28. The molecule has 0 spiro atoms. The quantitative estimate of drug-likeness (QED) is 0.610. The molecule has 0 saturated carbocycles. The van der Waals surface area contributed by atoms with Crippen molar-refractivity contribution in [3.8, 4) is 0 Å². The van der Waals surface area contributed by atoms with E-state index in [0.717, 1.165) is 0 Å². The van der Waals surface area contributed by atoms with E-state index in [9.17, 15) is 0 Å². The van der Waals surface area contributed by atoms with Gasteiger partial charge in [0.1, 0.15) is 0 Å². The first-order chi connectivity index (χ1) is 5.05. The second-order valence-electron chi connectivity index (χ2n) is 4.32. The molecule has 0 radical (unpaired) electrons. The van der Waals surface area contributed by atoms with E-state index < -0.39 is 0 Å². The number of hydrogen-bond donors (Lipinski definition) is 1. The van der Waals surface area contributed by atoms with E-state index in [0.29, 0.717) is 5.41 Å². The first-order valence-corrected chi connectivity index (χ1v) is 4.90. The van der Waals surface area contributed by atoms with Crippen LogP contribution in [-0.2, 0) is 0 Å². The molecule has 11 heavy (non-hydrogen) atoms. The largest absolute Gasteiger partial charge is 0.148 e. The van der Waals surface area contributed by atoms with Gasteiger partial charge in [-0.3, -0.25) is 0 Å². The Morgan fingerprint density at radius 2 is 2.00 bits per heavy atom. The highest BCUT2D eigenvalue weighted by molar-refractivity contribution is 7.84. The van der Waals surface area contributed by atoms with Crippen molar-refractivity contribution in [2.45, 2.75) is 46.5 Å². The summed E-state index contributed by atoms with van der Waals surface area (Å²) in [6.45, 7) is 6.95. The van der Waals surface area contributed by atoms with Crippen LogP contribution >= 0.6 is 12.6 Å². The molecule has 0 N–H and O–H groups in total. The lowest BCUT2D eigenvalue weighted by atomic mass is 9.84. The molecule has 1 heteroatoms. The number of hydrogen-bond acceptors (Lipinski definition) is 1. The van der Waals surface area contributed by atoms with Crippen LogP contribution in [0, 0.1) is 5.41 Å². The molecule has 0 aliphatic heterocycles. The Balaban J connectivity index is 2.34. The van der Waals surface area contributed by atoms with Gasteiger partial charge in [0.05, 0.1) is 0 Å². The van der Waals surface area contributed by atoms with Crippen molar-refractivity contribution in [1.29, 1.82) is 0 Å². The van der Waals surface area contributed by atoms with E-state index in [-0.39, 0.29) is 0 Å². The average Bonchev–Trinajstić information content (AvgIpc) is 2.44. The van der Waals surface area contributed by atoms with Gasteiger partial charge in [-0.05, 0) is 23.2 Å². The molecule has 1 aliphatic rings. The Morgan fingerprint density at radius 3 is 2.36 bits per heavy atom. The average molecular weight is 170 g/mol. The molecule has 64 valence electrons. The summed E-state index contributed by atoms with van der Waals surface area (Å²) < 4.78 is 0. The van der Waals surface area contributed by atoms with Crippen molar-refractivity contribution in [2.75, 3.05) is 0 Å². The summed E-state index contributed by atoms with van der Waals surface area (Å²) in [7, 11) is 0. The highest BCUT2D eigenvalue weighted by Crippen LogP contribution is 2.43. The van der Waals surface area contributed by atoms with E-state index >= 15 is 0 Å². The van der Waals surface area contributed by atoms with Crippen molar-refractivity contribution in [3.63, 3.8) is 0 Å². The predicted molar refractivity (Wildman–Crippen MR) is 53.9 cm³/mol. The van der Waals surface area contributed by atoms with Gasteiger partial charge in [-0.25, -0.2) is 0 Å². The molecule has 0 nitrogen and oxygen atoms in total. The minimum atomic E-state index is 0.508. The zero-order valence-corrected chi connectivity index (χ0v) is 8.67. The van der Waals surface area contributed by atoms with Gasteiger partial charge < -0.3 is 0 Å². The Labute approximate surface area is 75.5 Å². The van der Waals surface area contributed by atoms with Crippen LogP contribution in [0.4, 0.5) is 0 Å². The highest BCUT2D eigenvalue weighted by atomic mass is 32.1. The summed E-state index contributed by atoms with van der Waals surface area (Å²) in [5, 5.41) is 0. The Bertz CT molecular complexity index is 177. The monoisotopic (exact) mass is 170 g/mol. The zero-order valence-electron chi connectivity index (χ0n) is 7.78. The molecular formula is C10H18S. The maximum absolute atomic E-state index is 4.33. The summed E-state index contributed by atoms with van der Waals surface area (Å²) in [4.78, 5) is 1.34. The van der Waals surface area contributed by atoms with Crippen molar-refractivity contribution in [3.05, 3.63) is 10.5 Å². The lowest BCUT2D eigenvalue weighted by molar-refractivity contribution is 0.331. The first kappa shape index (κ1) is 9.18. The summed E-state index contributed by atoms with van der Waals surface area (Å²) in [6, 6.07) is 0. The Kier molecular flexibility index (Phi) is 2.69. The van der Waals surface area contributed by atoms with Crippen molar-refractivity contribution in [1.82, 2.24) is 0 Å². The normalized spacial score (nSPS) is 17.5. The van der Waals surface area contributed by atoms with Crippen molar-refractivity contribution in [2.24, 2.45) is 5.41 Å². The minimum Gasteiger partial charge on any atom is -0.148 e. The van der Waals surface area contributed by atoms with Gasteiger partial charge in [0, 0.05) is 6.42 Å². The fourth-order valence-corrected chi connectivity index (χ4v) is 1.94. The lowest BCUT2D eigenvalue weighted by Crippen LogP contribution is -2.09. The second kappa shape index (κ2) is 3.22. The lowest BCUT2D eigenvalue weighted by Gasteiger charge is -2.22. The molecule has 0 bridgehead atoms. The molecular weight excluding hydrogens is 152 g/mol. The van der Waals surface area contributed by atoms with Gasteiger partial charge >= 0.3 is 0 Å². The molecule has 1 aliphatic carbocycles. The van der Waals surface area contributed by atoms with Gasteiger partial charge in [0.2, 0.25) is 0 Å². The van der Waals surface area contributed by atoms with Gasteiger partial charge in [-0.15, -0.1) is 12.6 Å². The molecule has 0 amide bonds. The summed E-state index contributed by atoms with van der Waals surface area (Å²) in [5.74, 6) is 0. The maximum Gasteiger partial charge on any atom is 0.000130 e. The van der Waals surface area contributed by atoms with Gasteiger partial charge in [0.15, 0.2) is 0 Å². The topological polar surface area (TPSA) is 0 Å².